The number of thiazole rings is 1. The Morgan fingerprint density at radius 1 is 1.36 bits per heavy atom. The molecule has 1 N–H and O–H groups in total. The fourth-order valence-electron chi connectivity index (χ4n) is 2.28. The number of nitrogens with one attached hydrogen (secondary N) is 1. The minimum atomic E-state index is -4.64. The van der Waals surface area contributed by atoms with Crippen molar-refractivity contribution in [3.8, 4) is 0 Å². The molecule has 1 saturated carbocycles. The topological polar surface area (TPSA) is 45.2 Å². The number of carbonyl (C=O) groups is 1. The molecule has 0 saturated heterocycles. The first-order valence-electron chi connectivity index (χ1n) is 7.01. The van der Waals surface area contributed by atoms with E-state index in [2.05, 4.69) is 10.3 Å². The fourth-order valence-corrected chi connectivity index (χ4v) is 3.26. The number of hydrogen-bond donors (Lipinski definition) is 1. The fraction of sp³-hybridized carbons (Fsp3) is 0.571. The summed E-state index contributed by atoms with van der Waals surface area (Å²) in [7, 11) is 3.38. The smallest absolute Gasteiger partial charge is 0.383 e. The van der Waals surface area contributed by atoms with E-state index in [0.717, 1.165) is 43.1 Å². The molecule has 0 radical (unpaired) electrons. The van der Waals surface area contributed by atoms with Crippen LogP contribution in [0.25, 0.3) is 0 Å². The summed E-state index contributed by atoms with van der Waals surface area (Å²) in [6.45, 7) is 0. The van der Waals surface area contributed by atoms with E-state index in [1.54, 1.807) is 19.0 Å². The molecule has 2 rings (SSSR count). The van der Waals surface area contributed by atoms with E-state index in [4.69, 9.17) is 0 Å². The van der Waals surface area contributed by atoms with Crippen molar-refractivity contribution in [3.63, 3.8) is 0 Å². The molecule has 0 aromatic carbocycles. The number of alkyl halides is 3. The zero-order valence-electron chi connectivity index (χ0n) is 12.4. The number of allylic oxidation sites excluding steroid dienone is 1. The van der Waals surface area contributed by atoms with Gasteiger partial charge in [0.1, 0.15) is 4.88 Å². The number of ketones is 1. The van der Waals surface area contributed by atoms with Crippen LogP contribution in [-0.2, 0) is 6.18 Å². The van der Waals surface area contributed by atoms with Crippen LogP contribution in [0, 0.1) is 0 Å². The Morgan fingerprint density at radius 2 is 2.00 bits per heavy atom. The largest absolute Gasteiger partial charge is 0.435 e. The van der Waals surface area contributed by atoms with Crippen molar-refractivity contribution in [1.82, 2.24) is 9.88 Å². The molecule has 122 valence electrons. The van der Waals surface area contributed by atoms with Gasteiger partial charge >= 0.3 is 6.18 Å². The maximum atomic E-state index is 13.1. The molecular formula is C14H18F3N3OS. The van der Waals surface area contributed by atoms with E-state index >= 15 is 0 Å². The highest BCUT2D eigenvalue weighted by Gasteiger charge is 2.39. The van der Waals surface area contributed by atoms with Gasteiger partial charge in [0.15, 0.2) is 16.6 Å². The van der Waals surface area contributed by atoms with E-state index in [1.165, 1.54) is 6.20 Å². The monoisotopic (exact) mass is 333 g/mol. The normalized spacial score (nSPS) is 16.4. The van der Waals surface area contributed by atoms with E-state index in [0.29, 0.717) is 0 Å². The maximum absolute atomic E-state index is 13.1. The Kier molecular flexibility index (Phi) is 5.10. The van der Waals surface area contributed by atoms with Crippen LogP contribution in [0.1, 0.15) is 41.0 Å². The van der Waals surface area contributed by atoms with Crippen LogP contribution in [0.5, 0.6) is 0 Å². The first-order chi connectivity index (χ1) is 10.3. The van der Waals surface area contributed by atoms with Crippen molar-refractivity contribution in [2.75, 3.05) is 19.4 Å². The van der Waals surface area contributed by atoms with Gasteiger partial charge in [0.05, 0.1) is 0 Å². The van der Waals surface area contributed by atoms with E-state index in [9.17, 15) is 18.0 Å². The molecule has 1 heterocycles. The number of anilines is 1. The predicted octanol–water partition coefficient (Wildman–Crippen LogP) is 3.77. The first kappa shape index (κ1) is 16.8. The Balaban J connectivity index is 2.26. The summed E-state index contributed by atoms with van der Waals surface area (Å²) in [5, 5.41) is 3.18. The van der Waals surface area contributed by atoms with E-state index < -0.39 is 17.7 Å². The van der Waals surface area contributed by atoms with Gasteiger partial charge in [0.25, 0.3) is 0 Å². The molecule has 0 atom stereocenters. The van der Waals surface area contributed by atoms with Crippen molar-refractivity contribution in [2.24, 2.45) is 0 Å². The number of rotatable bonds is 5. The zero-order chi connectivity index (χ0) is 16.3. The summed E-state index contributed by atoms with van der Waals surface area (Å²) in [6, 6.07) is 0.146. The Labute approximate surface area is 131 Å². The van der Waals surface area contributed by atoms with Crippen LogP contribution in [0.2, 0.25) is 0 Å². The molecule has 0 spiro atoms. The summed E-state index contributed by atoms with van der Waals surface area (Å²) in [5.74, 6) is -0.682. The van der Waals surface area contributed by atoms with Crippen molar-refractivity contribution in [2.45, 2.75) is 37.9 Å². The van der Waals surface area contributed by atoms with E-state index in [1.807, 2.05) is 0 Å². The summed E-state index contributed by atoms with van der Waals surface area (Å²) in [5.41, 5.74) is -1.11. The van der Waals surface area contributed by atoms with Crippen molar-refractivity contribution < 1.29 is 18.0 Å². The third-order valence-corrected chi connectivity index (χ3v) is 4.33. The molecule has 1 aliphatic carbocycles. The van der Waals surface area contributed by atoms with Gasteiger partial charge in [-0.25, -0.2) is 4.98 Å². The van der Waals surface area contributed by atoms with Gasteiger partial charge in [-0.15, -0.1) is 0 Å². The molecule has 0 bridgehead atoms. The average Bonchev–Trinajstić information content (AvgIpc) is 3.05. The maximum Gasteiger partial charge on any atom is 0.435 e. The van der Waals surface area contributed by atoms with Crippen molar-refractivity contribution in [1.29, 1.82) is 0 Å². The second-order valence-corrected chi connectivity index (χ2v) is 6.46. The summed E-state index contributed by atoms with van der Waals surface area (Å²) in [6.07, 6.45) is 1.88. The van der Waals surface area contributed by atoms with Gasteiger partial charge in [0.2, 0.25) is 0 Å². The number of carbonyl (C=O) groups excluding carboxylic acids is 1. The summed E-state index contributed by atoms with van der Waals surface area (Å²) < 4.78 is 39.2. The Bertz CT molecular complexity index is 560. The van der Waals surface area contributed by atoms with Gasteiger partial charge < -0.3 is 10.2 Å². The lowest BCUT2D eigenvalue weighted by Crippen LogP contribution is -2.15. The Morgan fingerprint density at radius 3 is 2.55 bits per heavy atom. The van der Waals surface area contributed by atoms with Gasteiger partial charge in [-0.3, -0.25) is 4.79 Å². The lowest BCUT2D eigenvalue weighted by molar-refractivity contribution is -0.140. The second kappa shape index (κ2) is 6.68. The molecule has 1 aliphatic rings. The first-order valence-corrected chi connectivity index (χ1v) is 7.82. The predicted molar refractivity (Wildman–Crippen MR) is 80.2 cm³/mol. The minimum absolute atomic E-state index is 0.146. The zero-order valence-corrected chi connectivity index (χ0v) is 13.2. The van der Waals surface area contributed by atoms with Gasteiger partial charge in [-0.05, 0) is 12.8 Å². The van der Waals surface area contributed by atoms with Crippen LogP contribution < -0.4 is 5.32 Å². The average molecular weight is 333 g/mol. The lowest BCUT2D eigenvalue weighted by atomic mass is 10.2. The molecule has 1 aromatic heterocycles. The number of aromatic nitrogens is 1. The SMILES string of the molecule is CN(C)C=CC(=O)c1sc(NC2CCCC2)nc1C(F)(F)F. The number of hydrogen-bond acceptors (Lipinski definition) is 5. The van der Waals surface area contributed by atoms with Crippen LogP contribution in [0.15, 0.2) is 12.3 Å². The third kappa shape index (κ3) is 4.22. The van der Waals surface area contributed by atoms with Crippen molar-refractivity contribution in [3.05, 3.63) is 22.8 Å². The molecular weight excluding hydrogens is 315 g/mol. The van der Waals surface area contributed by atoms with Crippen LogP contribution in [-0.4, -0.2) is 35.8 Å². The molecule has 0 amide bonds. The summed E-state index contributed by atoms with van der Waals surface area (Å²) in [4.78, 5) is 16.8. The van der Waals surface area contributed by atoms with E-state index in [-0.39, 0.29) is 16.1 Å². The molecule has 0 unspecified atom stereocenters. The number of halogens is 3. The number of nitrogens with zero attached hydrogens (tertiary/aromatic N) is 2. The van der Waals surface area contributed by atoms with Gasteiger partial charge in [-0.2, -0.15) is 13.2 Å². The van der Waals surface area contributed by atoms with Crippen LogP contribution in [0.4, 0.5) is 18.3 Å². The molecule has 1 aromatic rings. The van der Waals surface area contributed by atoms with Gasteiger partial charge in [-0.1, -0.05) is 24.2 Å². The molecule has 4 nitrogen and oxygen atoms in total. The highest BCUT2D eigenvalue weighted by atomic mass is 32.1. The quantitative estimate of drug-likeness (QED) is 0.658. The Hall–Kier alpha value is -1.57. The van der Waals surface area contributed by atoms with Crippen molar-refractivity contribution >= 4 is 22.3 Å². The molecule has 1 fully saturated rings. The standard InChI is InChI=1S/C14H18F3N3OS/c1-20(2)8-7-10(21)11-12(14(15,16)17)19-13(22-11)18-9-5-3-4-6-9/h7-9H,3-6H2,1-2H3,(H,18,19). The molecule has 22 heavy (non-hydrogen) atoms. The minimum Gasteiger partial charge on any atom is -0.383 e. The van der Waals surface area contributed by atoms with Crippen LogP contribution in [0.3, 0.4) is 0 Å². The van der Waals surface area contributed by atoms with Gasteiger partial charge in [0, 0.05) is 32.4 Å². The third-order valence-electron chi connectivity index (χ3n) is 3.33. The lowest BCUT2D eigenvalue weighted by Gasteiger charge is -2.09. The molecule has 8 heteroatoms. The highest BCUT2D eigenvalue weighted by Crippen LogP contribution is 2.37. The highest BCUT2D eigenvalue weighted by molar-refractivity contribution is 7.17. The summed E-state index contributed by atoms with van der Waals surface area (Å²) >= 11 is 0.771. The molecule has 0 aliphatic heterocycles. The second-order valence-electron chi connectivity index (χ2n) is 5.46. The van der Waals surface area contributed by atoms with Crippen LogP contribution >= 0.6 is 11.3 Å².